The Hall–Kier alpha value is -0.0800. The van der Waals surface area contributed by atoms with Crippen molar-refractivity contribution in [3.63, 3.8) is 0 Å². The molecule has 0 bridgehead atoms. The minimum atomic E-state index is -0.300. The number of rotatable bonds is 1. The third-order valence-corrected chi connectivity index (χ3v) is 5.29. The van der Waals surface area contributed by atoms with Crippen LogP contribution in [0.15, 0.2) is 0 Å². The molecule has 2 atom stereocenters. The van der Waals surface area contributed by atoms with Crippen LogP contribution in [0.3, 0.4) is 0 Å². The van der Waals surface area contributed by atoms with Crippen LogP contribution in [0.1, 0.15) is 57.8 Å². The van der Waals surface area contributed by atoms with E-state index in [1.807, 2.05) is 0 Å². The van der Waals surface area contributed by atoms with Crippen molar-refractivity contribution in [3.8, 4) is 0 Å². The summed E-state index contributed by atoms with van der Waals surface area (Å²) >= 11 is 0. The van der Waals surface area contributed by atoms with Gasteiger partial charge in [-0.1, -0.05) is 19.3 Å². The van der Waals surface area contributed by atoms with Crippen molar-refractivity contribution in [2.45, 2.75) is 69.4 Å². The normalized spacial score (nSPS) is 42.2. The summed E-state index contributed by atoms with van der Waals surface area (Å²) in [4.78, 5) is 2.61. The highest BCUT2D eigenvalue weighted by Crippen LogP contribution is 2.42. The third-order valence-electron chi connectivity index (χ3n) is 5.29. The zero-order chi connectivity index (χ0) is 11.0. The van der Waals surface area contributed by atoms with Crippen molar-refractivity contribution >= 4 is 0 Å². The fraction of sp³-hybridized carbons (Fsp3) is 1.00. The lowest BCUT2D eigenvalue weighted by molar-refractivity contribution is -0.0885. The maximum Gasteiger partial charge on any atom is 0.0702 e. The molecule has 2 nitrogen and oxygen atoms in total. The van der Waals surface area contributed by atoms with Gasteiger partial charge in [0.05, 0.1) is 5.60 Å². The van der Waals surface area contributed by atoms with E-state index in [1.54, 1.807) is 0 Å². The summed E-state index contributed by atoms with van der Waals surface area (Å²) in [5.41, 5.74) is -0.300. The van der Waals surface area contributed by atoms with Crippen LogP contribution in [0.2, 0.25) is 0 Å². The molecule has 3 aliphatic rings. The van der Waals surface area contributed by atoms with E-state index in [9.17, 15) is 5.11 Å². The Balaban J connectivity index is 1.68. The molecule has 2 heteroatoms. The number of hydrogen-bond acceptors (Lipinski definition) is 2. The lowest BCUT2D eigenvalue weighted by atomic mass is 9.70. The smallest absolute Gasteiger partial charge is 0.0702 e. The number of fused-ring (bicyclic) bond motifs is 1. The zero-order valence-corrected chi connectivity index (χ0v) is 10.3. The topological polar surface area (TPSA) is 23.5 Å². The molecule has 0 spiro atoms. The molecule has 16 heavy (non-hydrogen) atoms. The first-order valence-corrected chi connectivity index (χ1v) is 7.24. The van der Waals surface area contributed by atoms with Crippen molar-refractivity contribution in [1.29, 1.82) is 0 Å². The van der Waals surface area contributed by atoms with Crippen molar-refractivity contribution in [2.75, 3.05) is 13.1 Å². The Bertz CT molecular complexity index is 249. The molecule has 0 aromatic heterocycles. The molecule has 0 aromatic rings. The second-order valence-corrected chi connectivity index (χ2v) is 6.22. The van der Waals surface area contributed by atoms with Crippen LogP contribution in [-0.4, -0.2) is 34.7 Å². The van der Waals surface area contributed by atoms with Gasteiger partial charge in [-0.05, 0) is 51.0 Å². The van der Waals surface area contributed by atoms with Crippen molar-refractivity contribution in [2.24, 2.45) is 5.92 Å². The van der Waals surface area contributed by atoms with Gasteiger partial charge in [-0.3, -0.25) is 0 Å². The number of nitrogens with zero attached hydrogens (tertiary/aromatic N) is 1. The summed E-state index contributed by atoms with van der Waals surface area (Å²) in [6.45, 7) is 2.43. The number of piperidine rings is 1. The van der Waals surface area contributed by atoms with Crippen LogP contribution in [0.25, 0.3) is 0 Å². The predicted molar refractivity (Wildman–Crippen MR) is 65.4 cm³/mol. The van der Waals surface area contributed by atoms with E-state index in [0.29, 0.717) is 12.0 Å². The average Bonchev–Trinajstić information content (AvgIpc) is 2.77. The molecule has 0 aromatic carbocycles. The molecule has 1 aliphatic carbocycles. The standard InChI is InChI=1S/C14H25NO/c16-14(12-5-2-1-3-6-12)8-10-15-9-4-7-13(15)11-14/h12-13,16H,1-11H2. The molecule has 92 valence electrons. The van der Waals surface area contributed by atoms with Crippen molar-refractivity contribution < 1.29 is 5.11 Å². The maximum absolute atomic E-state index is 10.9. The summed E-state index contributed by atoms with van der Waals surface area (Å²) in [6.07, 6.45) is 11.4. The molecule has 2 heterocycles. The Kier molecular flexibility index (Phi) is 2.97. The van der Waals surface area contributed by atoms with E-state index in [-0.39, 0.29) is 5.60 Å². The van der Waals surface area contributed by atoms with Crippen LogP contribution in [0, 0.1) is 5.92 Å². The van der Waals surface area contributed by atoms with Gasteiger partial charge in [0.1, 0.15) is 0 Å². The van der Waals surface area contributed by atoms with Crippen LogP contribution >= 0.6 is 0 Å². The van der Waals surface area contributed by atoms with Crippen LogP contribution in [-0.2, 0) is 0 Å². The summed E-state index contributed by atoms with van der Waals surface area (Å²) in [5.74, 6) is 0.615. The summed E-state index contributed by atoms with van der Waals surface area (Å²) < 4.78 is 0. The number of hydrogen-bond donors (Lipinski definition) is 1. The molecule has 0 amide bonds. The highest BCUT2D eigenvalue weighted by atomic mass is 16.3. The van der Waals surface area contributed by atoms with Gasteiger partial charge in [0.25, 0.3) is 0 Å². The third kappa shape index (κ3) is 1.91. The second-order valence-electron chi connectivity index (χ2n) is 6.22. The van der Waals surface area contributed by atoms with Crippen molar-refractivity contribution in [1.82, 2.24) is 4.90 Å². The Morgan fingerprint density at radius 3 is 2.56 bits per heavy atom. The van der Waals surface area contributed by atoms with E-state index < -0.39 is 0 Å². The Labute approximate surface area is 99.0 Å². The van der Waals surface area contributed by atoms with Crippen LogP contribution in [0.5, 0.6) is 0 Å². The average molecular weight is 223 g/mol. The Morgan fingerprint density at radius 2 is 1.75 bits per heavy atom. The first-order chi connectivity index (χ1) is 7.78. The minimum Gasteiger partial charge on any atom is -0.389 e. The fourth-order valence-corrected chi connectivity index (χ4v) is 4.28. The first kappa shape index (κ1) is 11.0. The molecular weight excluding hydrogens is 198 g/mol. The van der Waals surface area contributed by atoms with E-state index in [4.69, 9.17) is 0 Å². The van der Waals surface area contributed by atoms with E-state index in [1.165, 1.54) is 51.5 Å². The van der Waals surface area contributed by atoms with Gasteiger partial charge in [-0.2, -0.15) is 0 Å². The quantitative estimate of drug-likeness (QED) is 0.738. The summed E-state index contributed by atoms with van der Waals surface area (Å²) in [7, 11) is 0. The lowest BCUT2D eigenvalue weighted by Gasteiger charge is -2.46. The van der Waals surface area contributed by atoms with E-state index in [0.717, 1.165) is 19.4 Å². The molecule has 3 fully saturated rings. The molecule has 1 saturated carbocycles. The van der Waals surface area contributed by atoms with Gasteiger partial charge in [-0.15, -0.1) is 0 Å². The summed E-state index contributed by atoms with van der Waals surface area (Å²) in [5, 5.41) is 10.9. The fourth-order valence-electron chi connectivity index (χ4n) is 4.28. The van der Waals surface area contributed by atoms with Gasteiger partial charge in [0.2, 0.25) is 0 Å². The molecular formula is C14H25NO. The van der Waals surface area contributed by atoms with Gasteiger partial charge in [-0.25, -0.2) is 0 Å². The van der Waals surface area contributed by atoms with E-state index in [2.05, 4.69) is 4.90 Å². The first-order valence-electron chi connectivity index (χ1n) is 7.24. The van der Waals surface area contributed by atoms with Gasteiger partial charge in [0, 0.05) is 12.6 Å². The Morgan fingerprint density at radius 1 is 0.938 bits per heavy atom. The lowest BCUT2D eigenvalue weighted by Crippen LogP contribution is -2.51. The molecule has 2 aliphatic heterocycles. The van der Waals surface area contributed by atoms with Gasteiger partial charge >= 0.3 is 0 Å². The highest BCUT2D eigenvalue weighted by molar-refractivity contribution is 4.98. The monoisotopic (exact) mass is 223 g/mol. The second kappa shape index (κ2) is 4.30. The molecule has 1 N–H and O–H groups in total. The van der Waals surface area contributed by atoms with Gasteiger partial charge in [0.15, 0.2) is 0 Å². The highest BCUT2D eigenvalue weighted by Gasteiger charge is 2.44. The largest absolute Gasteiger partial charge is 0.389 e. The molecule has 3 rings (SSSR count). The maximum atomic E-state index is 10.9. The van der Waals surface area contributed by atoms with Crippen molar-refractivity contribution in [3.05, 3.63) is 0 Å². The van der Waals surface area contributed by atoms with Crippen LogP contribution < -0.4 is 0 Å². The zero-order valence-electron chi connectivity index (χ0n) is 10.3. The van der Waals surface area contributed by atoms with Gasteiger partial charge < -0.3 is 10.0 Å². The molecule has 0 radical (unpaired) electrons. The summed E-state index contributed by atoms with van der Waals surface area (Å²) in [6, 6.07) is 0.709. The predicted octanol–water partition coefficient (Wildman–Crippen LogP) is 2.56. The van der Waals surface area contributed by atoms with E-state index >= 15 is 0 Å². The molecule has 2 saturated heterocycles. The number of aliphatic hydroxyl groups is 1. The minimum absolute atomic E-state index is 0.300. The SMILES string of the molecule is OC1(C2CCCCC2)CCN2CCCC2C1. The molecule has 2 unspecified atom stereocenters. The van der Waals surface area contributed by atoms with Crippen LogP contribution in [0.4, 0.5) is 0 Å².